The van der Waals surface area contributed by atoms with E-state index in [2.05, 4.69) is 5.32 Å². The largest absolute Gasteiger partial charge is 0.419 e. The fourth-order valence-corrected chi connectivity index (χ4v) is 2.15. The molecular weight excluding hydrogens is 298 g/mol. The SMILES string of the molecule is O=C(CCl)NC(c1ccc(F)c(C(F)(F)F)c1)C1CC1. The molecule has 0 aromatic heterocycles. The third kappa shape index (κ3) is 3.42. The smallest absolute Gasteiger partial charge is 0.348 e. The van der Waals surface area contributed by atoms with Gasteiger partial charge in [-0.3, -0.25) is 4.79 Å². The summed E-state index contributed by atoms with van der Waals surface area (Å²) in [5.41, 5.74) is -1.07. The van der Waals surface area contributed by atoms with Crippen LogP contribution in [0, 0.1) is 11.7 Å². The van der Waals surface area contributed by atoms with Gasteiger partial charge >= 0.3 is 6.18 Å². The van der Waals surface area contributed by atoms with Crippen LogP contribution in [-0.4, -0.2) is 11.8 Å². The Balaban J connectivity index is 2.32. The van der Waals surface area contributed by atoms with E-state index >= 15 is 0 Å². The summed E-state index contributed by atoms with van der Waals surface area (Å²) in [4.78, 5) is 11.3. The highest BCUT2D eigenvalue weighted by Crippen LogP contribution is 2.42. The van der Waals surface area contributed by atoms with Crippen LogP contribution in [-0.2, 0) is 11.0 Å². The number of amides is 1. The van der Waals surface area contributed by atoms with Gasteiger partial charge in [0.25, 0.3) is 0 Å². The van der Waals surface area contributed by atoms with Gasteiger partial charge < -0.3 is 5.32 Å². The lowest BCUT2D eigenvalue weighted by molar-refractivity contribution is -0.140. The van der Waals surface area contributed by atoms with E-state index in [-0.39, 0.29) is 17.4 Å². The average molecular weight is 310 g/mol. The van der Waals surface area contributed by atoms with Crippen molar-refractivity contribution in [3.05, 3.63) is 35.1 Å². The van der Waals surface area contributed by atoms with Crippen molar-refractivity contribution in [1.82, 2.24) is 5.32 Å². The molecule has 0 aliphatic heterocycles. The topological polar surface area (TPSA) is 29.1 Å². The maximum absolute atomic E-state index is 13.2. The molecule has 1 unspecified atom stereocenters. The molecule has 1 aromatic rings. The predicted molar refractivity (Wildman–Crippen MR) is 65.7 cm³/mol. The first-order chi connectivity index (χ1) is 9.32. The average Bonchev–Trinajstić information content (AvgIpc) is 3.19. The number of hydrogen-bond donors (Lipinski definition) is 1. The van der Waals surface area contributed by atoms with E-state index in [0.29, 0.717) is 0 Å². The summed E-state index contributed by atoms with van der Waals surface area (Å²) in [6.45, 7) is 0. The molecule has 2 nitrogen and oxygen atoms in total. The summed E-state index contributed by atoms with van der Waals surface area (Å²) in [7, 11) is 0. The van der Waals surface area contributed by atoms with Gasteiger partial charge in [-0.15, -0.1) is 11.6 Å². The fraction of sp³-hybridized carbons (Fsp3) is 0.462. The van der Waals surface area contributed by atoms with Gasteiger partial charge in [0.1, 0.15) is 11.7 Å². The third-order valence-corrected chi connectivity index (χ3v) is 3.43. The van der Waals surface area contributed by atoms with Gasteiger partial charge in [-0.25, -0.2) is 4.39 Å². The van der Waals surface area contributed by atoms with Crippen molar-refractivity contribution in [2.75, 3.05) is 5.88 Å². The van der Waals surface area contributed by atoms with Gasteiger partial charge in [-0.1, -0.05) is 6.07 Å². The molecule has 1 fully saturated rings. The van der Waals surface area contributed by atoms with Crippen LogP contribution in [0.4, 0.5) is 17.6 Å². The van der Waals surface area contributed by atoms with E-state index in [0.717, 1.165) is 25.0 Å². The highest BCUT2D eigenvalue weighted by molar-refractivity contribution is 6.27. The molecule has 1 saturated carbocycles. The molecule has 2 rings (SSSR count). The highest BCUT2D eigenvalue weighted by atomic mass is 35.5. The van der Waals surface area contributed by atoms with Crippen molar-refractivity contribution < 1.29 is 22.4 Å². The molecule has 1 aliphatic rings. The highest BCUT2D eigenvalue weighted by Gasteiger charge is 2.37. The molecule has 7 heteroatoms. The summed E-state index contributed by atoms with van der Waals surface area (Å²) in [5, 5.41) is 2.58. The van der Waals surface area contributed by atoms with Crippen LogP contribution in [0.15, 0.2) is 18.2 Å². The lowest BCUT2D eigenvalue weighted by atomic mass is 9.99. The number of benzene rings is 1. The summed E-state index contributed by atoms with van der Waals surface area (Å²) in [6, 6.07) is 2.25. The van der Waals surface area contributed by atoms with Crippen molar-refractivity contribution in [3.8, 4) is 0 Å². The van der Waals surface area contributed by atoms with Gasteiger partial charge in [0.05, 0.1) is 11.6 Å². The number of nitrogens with one attached hydrogen (secondary N) is 1. The predicted octanol–water partition coefficient (Wildman–Crippen LogP) is 3.65. The standard InChI is InChI=1S/C13H12ClF4NO/c14-6-11(20)19-12(7-1-2-7)8-3-4-10(15)9(5-8)13(16,17)18/h3-5,7,12H,1-2,6H2,(H,19,20). The molecule has 0 spiro atoms. The molecule has 110 valence electrons. The Morgan fingerprint density at radius 2 is 2.05 bits per heavy atom. The monoisotopic (exact) mass is 309 g/mol. The molecule has 1 amide bonds. The molecular formula is C13H12ClF4NO. The van der Waals surface area contributed by atoms with Crippen molar-refractivity contribution in [2.24, 2.45) is 5.92 Å². The maximum Gasteiger partial charge on any atom is 0.419 e. The van der Waals surface area contributed by atoms with Crippen molar-refractivity contribution >= 4 is 17.5 Å². The quantitative estimate of drug-likeness (QED) is 0.667. The second-order valence-electron chi connectivity index (χ2n) is 4.75. The van der Waals surface area contributed by atoms with Crippen LogP contribution in [0.1, 0.15) is 30.0 Å². The van der Waals surface area contributed by atoms with Gasteiger partial charge in [-0.05, 0) is 36.5 Å². The fourth-order valence-electron chi connectivity index (χ4n) is 2.07. The zero-order valence-corrected chi connectivity index (χ0v) is 11.1. The van der Waals surface area contributed by atoms with Crippen LogP contribution in [0.3, 0.4) is 0 Å². The summed E-state index contributed by atoms with van der Waals surface area (Å²) in [6.07, 6.45) is -3.14. The first-order valence-electron chi connectivity index (χ1n) is 6.05. The van der Waals surface area contributed by atoms with Crippen LogP contribution < -0.4 is 5.32 Å². The second-order valence-corrected chi connectivity index (χ2v) is 5.02. The molecule has 1 aromatic carbocycles. The van der Waals surface area contributed by atoms with Crippen molar-refractivity contribution in [2.45, 2.75) is 25.1 Å². The number of rotatable bonds is 4. The normalized spacial score (nSPS) is 16.9. The van der Waals surface area contributed by atoms with E-state index < -0.39 is 29.5 Å². The minimum Gasteiger partial charge on any atom is -0.348 e. The summed E-state index contributed by atoms with van der Waals surface area (Å²) < 4.78 is 51.3. The van der Waals surface area contributed by atoms with Crippen molar-refractivity contribution in [3.63, 3.8) is 0 Å². The Kier molecular flexibility index (Phi) is 4.22. The van der Waals surface area contributed by atoms with Crippen molar-refractivity contribution in [1.29, 1.82) is 0 Å². The molecule has 0 saturated heterocycles. The van der Waals surface area contributed by atoms with Gasteiger partial charge in [0, 0.05) is 0 Å². The van der Waals surface area contributed by atoms with Crippen LogP contribution in [0.5, 0.6) is 0 Å². The molecule has 0 heterocycles. The zero-order chi connectivity index (χ0) is 14.9. The maximum atomic E-state index is 13.2. The summed E-state index contributed by atoms with van der Waals surface area (Å²) in [5.74, 6) is -1.97. The van der Waals surface area contributed by atoms with E-state index in [4.69, 9.17) is 11.6 Å². The van der Waals surface area contributed by atoms with E-state index in [1.807, 2.05) is 0 Å². The molecule has 0 bridgehead atoms. The van der Waals surface area contributed by atoms with Gasteiger partial charge in [-0.2, -0.15) is 13.2 Å². The molecule has 0 radical (unpaired) electrons. The molecule has 1 atom stereocenters. The lowest BCUT2D eigenvalue weighted by Crippen LogP contribution is -2.31. The molecule has 20 heavy (non-hydrogen) atoms. The first kappa shape index (κ1) is 15.1. The molecule has 1 aliphatic carbocycles. The number of carbonyl (C=O) groups is 1. The van der Waals surface area contributed by atoms with Gasteiger partial charge in [0.15, 0.2) is 0 Å². The number of alkyl halides is 4. The second kappa shape index (κ2) is 5.60. The minimum atomic E-state index is -4.76. The lowest BCUT2D eigenvalue weighted by Gasteiger charge is -2.20. The van der Waals surface area contributed by atoms with Gasteiger partial charge in [0.2, 0.25) is 5.91 Å². The van der Waals surface area contributed by atoms with E-state index in [1.165, 1.54) is 6.07 Å². The third-order valence-electron chi connectivity index (χ3n) is 3.19. The van der Waals surface area contributed by atoms with E-state index in [1.54, 1.807) is 0 Å². The Morgan fingerprint density at radius 1 is 1.40 bits per heavy atom. The number of carbonyl (C=O) groups excluding carboxylic acids is 1. The zero-order valence-electron chi connectivity index (χ0n) is 10.3. The number of hydrogen-bond acceptors (Lipinski definition) is 1. The Hall–Kier alpha value is -1.30. The van der Waals surface area contributed by atoms with Crippen LogP contribution >= 0.6 is 11.6 Å². The minimum absolute atomic E-state index is 0.0775. The molecule has 1 N–H and O–H groups in total. The first-order valence-corrected chi connectivity index (χ1v) is 6.58. The number of halogens is 5. The summed E-state index contributed by atoms with van der Waals surface area (Å²) >= 11 is 5.39. The van der Waals surface area contributed by atoms with Crippen LogP contribution in [0.2, 0.25) is 0 Å². The van der Waals surface area contributed by atoms with E-state index in [9.17, 15) is 22.4 Å². The Labute approximate surface area is 118 Å². The Morgan fingerprint density at radius 3 is 2.55 bits per heavy atom. The van der Waals surface area contributed by atoms with Crippen LogP contribution in [0.25, 0.3) is 0 Å². The Bertz CT molecular complexity index is 514.